The molecule has 0 N–H and O–H groups in total. The van der Waals surface area contributed by atoms with Crippen LogP contribution in [0.1, 0.15) is 10.4 Å². The molecule has 3 aromatic rings. The molecule has 5 heteroatoms. The number of carbonyl (C=O) groups excluding carboxylic acids is 1. The molecule has 106 valence electrons. The zero-order valence-electron chi connectivity index (χ0n) is 11.7. The Hall–Kier alpha value is -2.27. The minimum absolute atomic E-state index is 0.353. The first-order valence-corrected chi connectivity index (χ1v) is 7.65. The van der Waals surface area contributed by atoms with Crippen LogP contribution in [0.2, 0.25) is 0 Å². The Balaban J connectivity index is 2.11. The number of pyridine rings is 1. The zero-order chi connectivity index (χ0) is 14.8. The lowest BCUT2D eigenvalue weighted by atomic mass is 10.1. The number of methoxy groups -OCH3 is 1. The second-order valence-electron chi connectivity index (χ2n) is 4.51. The molecular weight excluding hydrogens is 284 g/mol. The second kappa shape index (κ2) is 5.61. The normalized spacial score (nSPS) is 10.8. The fourth-order valence-corrected chi connectivity index (χ4v) is 2.60. The maximum Gasteiger partial charge on any atom is 0.339 e. The minimum Gasteiger partial charge on any atom is -0.465 e. The lowest BCUT2D eigenvalue weighted by Crippen LogP contribution is -2.03. The van der Waals surface area contributed by atoms with Crippen molar-refractivity contribution in [2.45, 2.75) is 4.90 Å². The summed E-state index contributed by atoms with van der Waals surface area (Å²) in [7, 11) is 1.38. The number of aromatic nitrogens is 2. The molecule has 1 aromatic carbocycles. The molecule has 2 heterocycles. The topological polar surface area (TPSA) is 43.6 Å². The molecule has 0 atom stereocenters. The van der Waals surface area contributed by atoms with Crippen LogP contribution >= 0.6 is 11.8 Å². The number of imidazole rings is 1. The molecule has 0 aliphatic heterocycles. The van der Waals surface area contributed by atoms with Crippen molar-refractivity contribution in [3.63, 3.8) is 0 Å². The molecule has 0 aliphatic carbocycles. The highest BCUT2D eigenvalue weighted by atomic mass is 32.2. The highest BCUT2D eigenvalue weighted by Crippen LogP contribution is 2.24. The molecule has 0 saturated carbocycles. The molecule has 3 rings (SSSR count). The summed E-state index contributed by atoms with van der Waals surface area (Å²) in [5.41, 5.74) is 3.31. The third kappa shape index (κ3) is 2.52. The molecule has 21 heavy (non-hydrogen) atoms. The van der Waals surface area contributed by atoms with Crippen molar-refractivity contribution < 1.29 is 9.53 Å². The number of hydrogen-bond donors (Lipinski definition) is 0. The van der Waals surface area contributed by atoms with Gasteiger partial charge in [0.15, 0.2) is 0 Å². The van der Waals surface area contributed by atoms with Gasteiger partial charge in [0.25, 0.3) is 0 Å². The largest absolute Gasteiger partial charge is 0.465 e. The summed E-state index contributed by atoms with van der Waals surface area (Å²) in [5, 5.41) is 0. The lowest BCUT2D eigenvalue weighted by molar-refractivity contribution is 0.0600. The smallest absolute Gasteiger partial charge is 0.339 e. The van der Waals surface area contributed by atoms with Gasteiger partial charge in [-0.2, -0.15) is 0 Å². The van der Waals surface area contributed by atoms with Gasteiger partial charge < -0.3 is 4.74 Å². The van der Waals surface area contributed by atoms with Gasteiger partial charge in [-0.05, 0) is 30.5 Å². The van der Waals surface area contributed by atoms with Gasteiger partial charge in [0, 0.05) is 16.7 Å². The van der Waals surface area contributed by atoms with Crippen LogP contribution in [-0.2, 0) is 4.74 Å². The minimum atomic E-state index is -0.353. The Morgan fingerprint density at radius 1 is 1.19 bits per heavy atom. The standard InChI is InChI=1S/C16H14N2O2S/c1-20-16(19)12-5-8-15-17-9-14(18(15)10-12)11-3-6-13(21-2)7-4-11/h3-10H,1-2H3. The second-order valence-corrected chi connectivity index (χ2v) is 5.39. The molecule has 0 fully saturated rings. The van der Waals surface area contributed by atoms with E-state index in [4.69, 9.17) is 4.74 Å². The Bertz CT molecular complexity index is 794. The lowest BCUT2D eigenvalue weighted by Gasteiger charge is -2.05. The monoisotopic (exact) mass is 298 g/mol. The number of fused-ring (bicyclic) bond motifs is 1. The number of thioether (sulfide) groups is 1. The number of benzene rings is 1. The molecule has 0 spiro atoms. The highest BCUT2D eigenvalue weighted by Gasteiger charge is 2.10. The molecule has 2 aromatic heterocycles. The van der Waals surface area contributed by atoms with Crippen LogP contribution < -0.4 is 0 Å². The molecule has 0 unspecified atom stereocenters. The molecule has 0 radical (unpaired) electrons. The van der Waals surface area contributed by atoms with Crippen LogP contribution in [0.25, 0.3) is 16.9 Å². The van der Waals surface area contributed by atoms with Crippen LogP contribution in [-0.4, -0.2) is 28.7 Å². The number of hydrogen-bond acceptors (Lipinski definition) is 4. The number of carbonyl (C=O) groups is 1. The molecule has 0 aliphatic rings. The molecule has 0 saturated heterocycles. The average molecular weight is 298 g/mol. The Morgan fingerprint density at radius 2 is 1.95 bits per heavy atom. The van der Waals surface area contributed by atoms with E-state index >= 15 is 0 Å². The summed E-state index contributed by atoms with van der Waals surface area (Å²) in [6.45, 7) is 0. The first kappa shape index (κ1) is 13.7. The van der Waals surface area contributed by atoms with Gasteiger partial charge in [-0.1, -0.05) is 12.1 Å². The van der Waals surface area contributed by atoms with E-state index in [9.17, 15) is 4.79 Å². The number of nitrogens with zero attached hydrogens (tertiary/aromatic N) is 2. The number of ether oxygens (including phenoxy) is 1. The van der Waals surface area contributed by atoms with E-state index in [1.54, 1.807) is 24.0 Å². The van der Waals surface area contributed by atoms with Crippen molar-refractivity contribution in [2.75, 3.05) is 13.4 Å². The summed E-state index contributed by atoms with van der Waals surface area (Å²) in [5.74, 6) is -0.353. The predicted molar refractivity (Wildman–Crippen MR) is 83.7 cm³/mol. The maximum absolute atomic E-state index is 11.7. The van der Waals surface area contributed by atoms with Gasteiger partial charge in [0.05, 0.1) is 24.6 Å². The van der Waals surface area contributed by atoms with Crippen molar-refractivity contribution >= 4 is 23.4 Å². The van der Waals surface area contributed by atoms with Crippen molar-refractivity contribution in [3.8, 4) is 11.3 Å². The first-order valence-electron chi connectivity index (χ1n) is 6.43. The molecular formula is C16H14N2O2S. The molecule has 4 nitrogen and oxygen atoms in total. The number of rotatable bonds is 3. The third-order valence-electron chi connectivity index (χ3n) is 3.31. The fraction of sp³-hybridized carbons (Fsp3) is 0.125. The van der Waals surface area contributed by atoms with E-state index in [0.29, 0.717) is 5.56 Å². The Labute approximate surface area is 126 Å². The van der Waals surface area contributed by atoms with Crippen molar-refractivity contribution in [1.82, 2.24) is 9.38 Å². The van der Waals surface area contributed by atoms with Crippen molar-refractivity contribution in [1.29, 1.82) is 0 Å². The Morgan fingerprint density at radius 3 is 2.62 bits per heavy atom. The van der Waals surface area contributed by atoms with Crippen LogP contribution in [0, 0.1) is 0 Å². The van der Waals surface area contributed by atoms with E-state index < -0.39 is 0 Å². The van der Waals surface area contributed by atoms with Gasteiger partial charge in [0.1, 0.15) is 5.65 Å². The summed E-state index contributed by atoms with van der Waals surface area (Å²) >= 11 is 1.70. The molecule has 0 bridgehead atoms. The first-order chi connectivity index (χ1) is 10.2. The van der Waals surface area contributed by atoms with Crippen LogP contribution in [0.3, 0.4) is 0 Å². The van der Waals surface area contributed by atoms with E-state index in [2.05, 4.69) is 29.2 Å². The van der Waals surface area contributed by atoms with E-state index in [0.717, 1.165) is 16.9 Å². The molecule has 0 amide bonds. The number of esters is 1. The predicted octanol–water partition coefficient (Wildman–Crippen LogP) is 3.51. The van der Waals surface area contributed by atoms with Gasteiger partial charge in [-0.25, -0.2) is 9.78 Å². The van der Waals surface area contributed by atoms with Gasteiger partial charge in [-0.3, -0.25) is 4.40 Å². The third-order valence-corrected chi connectivity index (χ3v) is 4.06. The van der Waals surface area contributed by atoms with E-state index in [1.165, 1.54) is 12.0 Å². The fourth-order valence-electron chi connectivity index (χ4n) is 2.19. The summed E-state index contributed by atoms with van der Waals surface area (Å²) in [4.78, 5) is 17.2. The maximum atomic E-state index is 11.7. The summed E-state index contributed by atoms with van der Waals surface area (Å²) in [6.07, 6.45) is 5.61. The quantitative estimate of drug-likeness (QED) is 0.548. The SMILES string of the molecule is COC(=O)c1ccc2ncc(-c3ccc(SC)cc3)n2c1. The van der Waals surface area contributed by atoms with Gasteiger partial charge in [0.2, 0.25) is 0 Å². The van der Waals surface area contributed by atoms with E-state index in [1.807, 2.05) is 22.9 Å². The van der Waals surface area contributed by atoms with E-state index in [-0.39, 0.29) is 5.97 Å². The van der Waals surface area contributed by atoms with Gasteiger partial charge >= 0.3 is 5.97 Å². The van der Waals surface area contributed by atoms with Crippen LogP contribution in [0.15, 0.2) is 53.7 Å². The summed E-state index contributed by atoms with van der Waals surface area (Å²) < 4.78 is 6.67. The van der Waals surface area contributed by atoms with Gasteiger partial charge in [-0.15, -0.1) is 11.8 Å². The van der Waals surface area contributed by atoms with Crippen LogP contribution in [0.5, 0.6) is 0 Å². The Kier molecular flexibility index (Phi) is 3.66. The average Bonchev–Trinajstić information content (AvgIpc) is 2.97. The van der Waals surface area contributed by atoms with Crippen molar-refractivity contribution in [2.24, 2.45) is 0 Å². The van der Waals surface area contributed by atoms with Crippen LogP contribution in [0.4, 0.5) is 0 Å². The summed E-state index contributed by atoms with van der Waals surface area (Å²) in [6, 6.07) is 11.8. The van der Waals surface area contributed by atoms with Crippen molar-refractivity contribution in [3.05, 3.63) is 54.4 Å². The zero-order valence-corrected chi connectivity index (χ0v) is 12.6. The highest BCUT2D eigenvalue weighted by molar-refractivity contribution is 7.98.